The average molecular weight is 282 g/mol. The van der Waals surface area contributed by atoms with E-state index in [2.05, 4.69) is 4.98 Å². The average Bonchev–Trinajstić information content (AvgIpc) is 2.40. The van der Waals surface area contributed by atoms with Crippen LogP contribution in [0, 0.1) is 0 Å². The van der Waals surface area contributed by atoms with Gasteiger partial charge in [0.25, 0.3) is 0 Å². The summed E-state index contributed by atoms with van der Waals surface area (Å²) in [6.45, 7) is 1.87. The molecule has 5 nitrogen and oxygen atoms in total. The topological polar surface area (TPSA) is 68.4 Å². The summed E-state index contributed by atoms with van der Waals surface area (Å²) < 4.78 is 9.96. The van der Waals surface area contributed by atoms with Gasteiger partial charge in [-0.15, -0.1) is 0 Å². The van der Waals surface area contributed by atoms with E-state index in [1.807, 2.05) is 0 Å². The van der Waals surface area contributed by atoms with E-state index in [0.29, 0.717) is 16.3 Å². The van der Waals surface area contributed by atoms with Gasteiger partial charge in [-0.05, 0) is 19.1 Å². The number of rotatable bonds is 3. The van der Waals surface area contributed by atoms with Crippen LogP contribution in [0.4, 0.5) is 0 Å². The van der Waals surface area contributed by atoms with Crippen LogP contribution >= 0.6 is 11.6 Å². The Balaban J connectivity index is 2.77. The third-order valence-electron chi connectivity index (χ3n) is 2.66. The molecule has 0 atom stereocenters. The van der Waals surface area contributed by atoms with E-state index in [4.69, 9.17) is 21.1 Å². The lowest BCUT2D eigenvalue weighted by molar-refractivity contribution is 0.0524. The molecule has 0 spiro atoms. The SMILES string of the molecule is CCOC(=O)c1c[nH]c2c(Cl)ccc(OC)c2c1=O. The van der Waals surface area contributed by atoms with Gasteiger partial charge in [0.2, 0.25) is 5.43 Å². The van der Waals surface area contributed by atoms with Gasteiger partial charge in [-0.2, -0.15) is 0 Å². The first-order valence-electron chi connectivity index (χ1n) is 5.65. The molecular formula is C13H12ClNO4. The maximum absolute atomic E-state index is 12.3. The molecule has 6 heteroatoms. The highest BCUT2D eigenvalue weighted by atomic mass is 35.5. The van der Waals surface area contributed by atoms with Crippen molar-refractivity contribution >= 4 is 28.5 Å². The van der Waals surface area contributed by atoms with Crippen molar-refractivity contribution in [3.8, 4) is 5.75 Å². The van der Waals surface area contributed by atoms with Crippen molar-refractivity contribution in [3.63, 3.8) is 0 Å². The van der Waals surface area contributed by atoms with Crippen LogP contribution in [0.3, 0.4) is 0 Å². The quantitative estimate of drug-likeness (QED) is 0.877. The fourth-order valence-corrected chi connectivity index (χ4v) is 2.01. The number of esters is 1. The monoisotopic (exact) mass is 281 g/mol. The Bertz CT molecular complexity index is 693. The minimum absolute atomic E-state index is 0.0742. The summed E-state index contributed by atoms with van der Waals surface area (Å²) >= 11 is 6.01. The van der Waals surface area contributed by atoms with Crippen LogP contribution in [0.15, 0.2) is 23.1 Å². The molecule has 0 unspecified atom stereocenters. The number of hydrogen-bond acceptors (Lipinski definition) is 4. The number of methoxy groups -OCH3 is 1. The molecule has 2 rings (SSSR count). The summed E-state index contributed by atoms with van der Waals surface area (Å²) in [7, 11) is 1.44. The number of nitrogens with one attached hydrogen (secondary N) is 1. The smallest absolute Gasteiger partial charge is 0.343 e. The van der Waals surface area contributed by atoms with Gasteiger partial charge in [0.15, 0.2) is 0 Å². The number of hydrogen-bond donors (Lipinski definition) is 1. The van der Waals surface area contributed by atoms with Gasteiger partial charge in [-0.3, -0.25) is 4.79 Å². The van der Waals surface area contributed by atoms with Gasteiger partial charge in [0, 0.05) is 6.20 Å². The van der Waals surface area contributed by atoms with E-state index in [9.17, 15) is 9.59 Å². The van der Waals surface area contributed by atoms with Crippen molar-refractivity contribution in [2.45, 2.75) is 6.92 Å². The first-order chi connectivity index (χ1) is 9.10. The lowest BCUT2D eigenvalue weighted by Gasteiger charge is -2.08. The van der Waals surface area contributed by atoms with Crippen LogP contribution in [0.1, 0.15) is 17.3 Å². The zero-order valence-corrected chi connectivity index (χ0v) is 11.2. The van der Waals surface area contributed by atoms with Crippen LogP contribution in [0.25, 0.3) is 10.9 Å². The van der Waals surface area contributed by atoms with Crippen molar-refractivity contribution in [3.05, 3.63) is 39.1 Å². The molecule has 0 fully saturated rings. The Morgan fingerprint density at radius 2 is 2.16 bits per heavy atom. The third kappa shape index (κ3) is 2.29. The predicted molar refractivity (Wildman–Crippen MR) is 72.1 cm³/mol. The van der Waals surface area contributed by atoms with E-state index in [-0.39, 0.29) is 17.6 Å². The number of carbonyl (C=O) groups is 1. The van der Waals surface area contributed by atoms with Gasteiger partial charge >= 0.3 is 5.97 Å². The van der Waals surface area contributed by atoms with Crippen LogP contribution in [-0.4, -0.2) is 24.7 Å². The number of ether oxygens (including phenoxy) is 2. The number of H-pyrrole nitrogens is 1. The lowest BCUT2D eigenvalue weighted by atomic mass is 10.1. The van der Waals surface area contributed by atoms with E-state index in [1.54, 1.807) is 19.1 Å². The lowest BCUT2D eigenvalue weighted by Crippen LogP contribution is -2.18. The van der Waals surface area contributed by atoms with Gasteiger partial charge in [-0.1, -0.05) is 11.6 Å². The summed E-state index contributed by atoms with van der Waals surface area (Å²) in [5.74, 6) is -0.320. The third-order valence-corrected chi connectivity index (χ3v) is 2.98. The van der Waals surface area contributed by atoms with Crippen LogP contribution in [0.5, 0.6) is 5.75 Å². The fourth-order valence-electron chi connectivity index (χ4n) is 1.80. The Morgan fingerprint density at radius 1 is 1.42 bits per heavy atom. The molecule has 1 aromatic heterocycles. The number of halogens is 1. The molecule has 0 saturated carbocycles. The molecular weight excluding hydrogens is 270 g/mol. The normalized spacial score (nSPS) is 10.5. The number of fused-ring (bicyclic) bond motifs is 1. The van der Waals surface area contributed by atoms with E-state index in [0.717, 1.165) is 0 Å². The molecule has 1 N–H and O–H groups in total. The molecule has 0 amide bonds. The van der Waals surface area contributed by atoms with E-state index in [1.165, 1.54) is 13.3 Å². The highest BCUT2D eigenvalue weighted by Crippen LogP contribution is 2.27. The molecule has 0 aliphatic rings. The molecule has 0 saturated heterocycles. The number of pyridine rings is 1. The molecule has 0 aliphatic heterocycles. The van der Waals surface area contributed by atoms with Crippen molar-refractivity contribution in [1.82, 2.24) is 4.98 Å². The second kappa shape index (κ2) is 5.32. The van der Waals surface area contributed by atoms with Crippen molar-refractivity contribution in [2.75, 3.05) is 13.7 Å². The molecule has 19 heavy (non-hydrogen) atoms. The predicted octanol–water partition coefficient (Wildman–Crippen LogP) is 2.37. The Hall–Kier alpha value is -2.01. The van der Waals surface area contributed by atoms with Crippen molar-refractivity contribution in [1.29, 1.82) is 0 Å². The van der Waals surface area contributed by atoms with Gasteiger partial charge in [-0.25, -0.2) is 4.79 Å². The maximum atomic E-state index is 12.3. The van der Waals surface area contributed by atoms with Crippen molar-refractivity contribution in [2.24, 2.45) is 0 Å². The summed E-state index contributed by atoms with van der Waals surface area (Å²) in [4.78, 5) is 26.8. The first kappa shape index (κ1) is 13.4. The number of aromatic nitrogens is 1. The molecule has 0 bridgehead atoms. The van der Waals surface area contributed by atoms with Crippen LogP contribution < -0.4 is 10.2 Å². The molecule has 100 valence electrons. The summed E-state index contributed by atoms with van der Waals surface area (Å²) in [6.07, 6.45) is 1.30. The minimum atomic E-state index is -0.673. The summed E-state index contributed by atoms with van der Waals surface area (Å²) in [6, 6.07) is 3.19. The number of aromatic amines is 1. The Kier molecular flexibility index (Phi) is 3.76. The largest absolute Gasteiger partial charge is 0.496 e. The Morgan fingerprint density at radius 3 is 2.79 bits per heavy atom. The summed E-state index contributed by atoms with van der Waals surface area (Å²) in [5.41, 5.74) is -0.111. The minimum Gasteiger partial charge on any atom is -0.496 e. The molecule has 1 aromatic carbocycles. The molecule has 0 aliphatic carbocycles. The van der Waals surface area contributed by atoms with Crippen LogP contribution in [-0.2, 0) is 4.74 Å². The number of carbonyl (C=O) groups excluding carboxylic acids is 1. The zero-order valence-electron chi connectivity index (χ0n) is 10.5. The standard InChI is InChI=1S/C13H12ClNO4/c1-3-19-13(17)7-6-15-11-8(14)4-5-9(18-2)10(11)12(7)16/h4-6H,3H2,1-2H3,(H,15,16). The van der Waals surface area contributed by atoms with Crippen LogP contribution in [0.2, 0.25) is 5.02 Å². The number of benzene rings is 1. The van der Waals surface area contributed by atoms with Gasteiger partial charge < -0.3 is 14.5 Å². The summed E-state index contributed by atoms with van der Waals surface area (Å²) in [5, 5.41) is 0.615. The highest BCUT2D eigenvalue weighted by molar-refractivity contribution is 6.35. The molecule has 2 aromatic rings. The first-order valence-corrected chi connectivity index (χ1v) is 6.03. The van der Waals surface area contributed by atoms with E-state index >= 15 is 0 Å². The van der Waals surface area contributed by atoms with Gasteiger partial charge in [0.1, 0.15) is 11.3 Å². The highest BCUT2D eigenvalue weighted by Gasteiger charge is 2.17. The zero-order chi connectivity index (χ0) is 14.0. The molecule has 1 heterocycles. The maximum Gasteiger partial charge on any atom is 0.343 e. The van der Waals surface area contributed by atoms with E-state index < -0.39 is 11.4 Å². The second-order valence-electron chi connectivity index (χ2n) is 3.75. The molecule has 0 radical (unpaired) electrons. The second-order valence-corrected chi connectivity index (χ2v) is 4.16. The Labute approximate surface area is 114 Å². The van der Waals surface area contributed by atoms with Crippen molar-refractivity contribution < 1.29 is 14.3 Å². The van der Waals surface area contributed by atoms with Gasteiger partial charge in [0.05, 0.1) is 29.6 Å². The fraction of sp³-hybridized carbons (Fsp3) is 0.231.